The molecule has 8 nitrogen and oxygen atoms in total. The molecule has 0 spiro atoms. The molecule has 0 aliphatic rings. The number of hydrogen-bond donors (Lipinski definition) is 3. The molecule has 0 aliphatic heterocycles. The third kappa shape index (κ3) is 8.66. The van der Waals surface area contributed by atoms with Crippen molar-refractivity contribution in [3.05, 3.63) is 0 Å². The van der Waals surface area contributed by atoms with Crippen LogP contribution in [-0.4, -0.2) is 52.7 Å². The zero-order valence-corrected chi connectivity index (χ0v) is 23.4. The highest BCUT2D eigenvalue weighted by Gasteiger charge is 2.55. The molecule has 0 aliphatic carbocycles. The third-order valence-electron chi connectivity index (χ3n) is 7.63. The fourth-order valence-electron chi connectivity index (χ4n) is 4.53. The van der Waals surface area contributed by atoms with Gasteiger partial charge in [0.15, 0.2) is 0 Å². The lowest BCUT2D eigenvalue weighted by atomic mass is 9.84. The molecule has 0 rings (SSSR count). The average Bonchev–Trinajstić information content (AvgIpc) is 2.63. The molecule has 32 heavy (non-hydrogen) atoms. The van der Waals surface area contributed by atoms with Crippen LogP contribution in [0.15, 0.2) is 0 Å². The summed E-state index contributed by atoms with van der Waals surface area (Å²) in [5.41, 5.74) is 0. The lowest BCUT2D eigenvalue weighted by Gasteiger charge is -2.47. The highest BCUT2D eigenvalue weighted by molar-refractivity contribution is 7.86. The Morgan fingerprint density at radius 3 is 1.41 bits per heavy atom. The second-order valence-electron chi connectivity index (χ2n) is 10.3. The van der Waals surface area contributed by atoms with Crippen LogP contribution in [-0.2, 0) is 24.8 Å². The van der Waals surface area contributed by atoms with Crippen LogP contribution in [0.2, 0.25) is 0 Å². The van der Waals surface area contributed by atoms with E-state index in [4.69, 9.17) is 0 Å². The molecule has 0 aromatic rings. The van der Waals surface area contributed by atoms with Crippen molar-refractivity contribution in [1.29, 1.82) is 0 Å². The minimum atomic E-state index is -4.26. The van der Waals surface area contributed by atoms with Crippen LogP contribution >= 0.6 is 7.37 Å². The molecule has 0 bridgehead atoms. The van der Waals surface area contributed by atoms with Crippen molar-refractivity contribution < 1.29 is 35.4 Å². The Hall–Kier alpha value is 0.01000. The fraction of sp³-hybridized carbons (Fsp3) is 1.00. The van der Waals surface area contributed by atoms with E-state index < -0.39 is 61.3 Å². The van der Waals surface area contributed by atoms with Crippen molar-refractivity contribution in [2.75, 3.05) is 11.5 Å². The molecule has 0 aromatic heterocycles. The summed E-state index contributed by atoms with van der Waals surface area (Å²) in [5.74, 6) is -2.19. The minimum Gasteiger partial charge on any atom is -0.344 e. The van der Waals surface area contributed by atoms with Crippen LogP contribution in [0.5, 0.6) is 0 Å². The summed E-state index contributed by atoms with van der Waals surface area (Å²) in [6.45, 7) is 14.4. The molecule has 194 valence electrons. The van der Waals surface area contributed by atoms with E-state index in [0.29, 0.717) is 19.3 Å². The van der Waals surface area contributed by atoms with Gasteiger partial charge in [-0.25, -0.2) is 0 Å². The molecule has 0 aromatic carbocycles. The topological polar surface area (TPSA) is 146 Å². The molecule has 0 saturated carbocycles. The Morgan fingerprint density at radius 2 is 1.12 bits per heavy atom. The van der Waals surface area contributed by atoms with Gasteiger partial charge in [0.05, 0.1) is 11.5 Å². The predicted octanol–water partition coefficient (Wildman–Crippen LogP) is 5.08. The summed E-state index contributed by atoms with van der Waals surface area (Å²) < 4.78 is 79.4. The van der Waals surface area contributed by atoms with Crippen LogP contribution in [0.3, 0.4) is 0 Å². The average molecular weight is 521 g/mol. The lowest BCUT2D eigenvalue weighted by Crippen LogP contribution is -2.42. The van der Waals surface area contributed by atoms with Gasteiger partial charge in [-0.1, -0.05) is 61.8 Å². The minimum absolute atomic E-state index is 0.0846. The second-order valence-corrected chi connectivity index (χ2v) is 16.6. The molecule has 0 heterocycles. The SMILES string of the molecule is CCC(C)C(CC(C)(CC)P(=O)(O)C(C)(CC)CC(CS(=O)(=O)O)C(C)C)CS(=O)(=O)O. The Labute approximate surface area is 195 Å². The normalized spacial score (nSPS) is 21.9. The van der Waals surface area contributed by atoms with E-state index in [-0.39, 0.29) is 24.7 Å². The molecule has 0 amide bonds. The Morgan fingerprint density at radius 1 is 0.781 bits per heavy atom. The van der Waals surface area contributed by atoms with Crippen LogP contribution < -0.4 is 0 Å². The van der Waals surface area contributed by atoms with E-state index in [1.54, 1.807) is 27.7 Å². The Bertz CT molecular complexity index is 855. The van der Waals surface area contributed by atoms with Gasteiger partial charge in [0, 0.05) is 10.3 Å². The molecule has 6 unspecified atom stereocenters. The third-order valence-corrected chi connectivity index (χ3v) is 13.3. The van der Waals surface area contributed by atoms with Gasteiger partial charge in [-0.2, -0.15) is 16.8 Å². The first-order valence-corrected chi connectivity index (χ1v) is 16.3. The maximum absolute atomic E-state index is 14.2. The van der Waals surface area contributed by atoms with Crippen molar-refractivity contribution in [1.82, 2.24) is 0 Å². The number of hydrogen-bond acceptors (Lipinski definition) is 5. The van der Waals surface area contributed by atoms with Crippen molar-refractivity contribution in [3.8, 4) is 0 Å². The largest absolute Gasteiger partial charge is 0.344 e. The van der Waals surface area contributed by atoms with Crippen molar-refractivity contribution in [2.45, 2.75) is 97.8 Å². The van der Waals surface area contributed by atoms with E-state index in [1.807, 2.05) is 27.7 Å². The quantitative estimate of drug-likeness (QED) is 0.200. The molecule has 3 N–H and O–H groups in total. The van der Waals surface area contributed by atoms with Gasteiger partial charge in [-0.15, -0.1) is 0 Å². The van der Waals surface area contributed by atoms with Gasteiger partial charge >= 0.3 is 0 Å². The van der Waals surface area contributed by atoms with Gasteiger partial charge in [-0.05, 0) is 49.4 Å². The molecule has 0 radical (unpaired) electrons. The van der Waals surface area contributed by atoms with E-state index in [0.717, 1.165) is 0 Å². The van der Waals surface area contributed by atoms with Crippen LogP contribution in [0.25, 0.3) is 0 Å². The highest BCUT2D eigenvalue weighted by Crippen LogP contribution is 2.70. The summed E-state index contributed by atoms with van der Waals surface area (Å²) in [6.07, 6.45) is 1.57. The van der Waals surface area contributed by atoms with Crippen LogP contribution in [0.4, 0.5) is 0 Å². The maximum atomic E-state index is 14.2. The zero-order chi connectivity index (χ0) is 25.8. The van der Waals surface area contributed by atoms with Gasteiger partial charge < -0.3 is 4.89 Å². The molecule has 11 heteroatoms. The summed E-state index contributed by atoms with van der Waals surface area (Å²) in [4.78, 5) is 11.6. The summed E-state index contributed by atoms with van der Waals surface area (Å²) in [5, 5.41) is -2.26. The van der Waals surface area contributed by atoms with Gasteiger partial charge in [0.2, 0.25) is 7.37 Å². The van der Waals surface area contributed by atoms with Gasteiger partial charge in [-0.3, -0.25) is 13.7 Å². The highest BCUT2D eigenvalue weighted by atomic mass is 32.2. The molecule has 6 atom stereocenters. The Kier molecular flexibility index (Phi) is 11.6. The van der Waals surface area contributed by atoms with Gasteiger partial charge in [0.25, 0.3) is 20.2 Å². The number of rotatable bonds is 15. The summed E-state index contributed by atoms with van der Waals surface area (Å²) >= 11 is 0. The standard InChI is InChI=1S/C21H45O8PS2/c1-9-17(6)19(15-32(27,28)29)13-21(8,11-3)30(22,23)20(7,10-2)12-18(16(4)5)14-31(24,25)26/h16-19H,9-15H2,1-8H3,(H,22,23)(H,24,25,26)(H,27,28,29). The van der Waals surface area contributed by atoms with Crippen molar-refractivity contribution in [3.63, 3.8) is 0 Å². The maximum Gasteiger partial charge on any atom is 0.265 e. The summed E-state index contributed by atoms with van der Waals surface area (Å²) in [6, 6.07) is 0. The molecular weight excluding hydrogens is 475 g/mol. The first-order chi connectivity index (χ1) is 14.2. The predicted molar refractivity (Wildman–Crippen MR) is 131 cm³/mol. The van der Waals surface area contributed by atoms with E-state index in [1.165, 1.54) is 0 Å². The van der Waals surface area contributed by atoms with Crippen molar-refractivity contribution >= 4 is 27.6 Å². The second kappa shape index (κ2) is 11.6. The smallest absolute Gasteiger partial charge is 0.265 e. The zero-order valence-electron chi connectivity index (χ0n) is 20.9. The molecule has 0 saturated heterocycles. The Balaban J connectivity index is 6.32. The summed E-state index contributed by atoms with van der Waals surface area (Å²) in [7, 11) is -12.5. The lowest BCUT2D eigenvalue weighted by molar-refractivity contribution is 0.268. The molecule has 0 fully saturated rings. The van der Waals surface area contributed by atoms with Crippen LogP contribution in [0, 0.1) is 23.7 Å². The first kappa shape index (κ1) is 32.0. The monoisotopic (exact) mass is 520 g/mol. The fourth-order valence-corrected chi connectivity index (χ4v) is 9.69. The van der Waals surface area contributed by atoms with Gasteiger partial charge in [0.1, 0.15) is 0 Å². The van der Waals surface area contributed by atoms with E-state index in [9.17, 15) is 35.4 Å². The van der Waals surface area contributed by atoms with E-state index in [2.05, 4.69) is 0 Å². The molecular formula is C21H45O8PS2. The van der Waals surface area contributed by atoms with Crippen molar-refractivity contribution in [2.24, 2.45) is 23.7 Å². The first-order valence-electron chi connectivity index (χ1n) is 11.4. The van der Waals surface area contributed by atoms with E-state index >= 15 is 0 Å². The van der Waals surface area contributed by atoms with Crippen LogP contribution in [0.1, 0.15) is 87.5 Å².